The molecule has 0 saturated heterocycles. The Kier molecular flexibility index (Phi) is 5.64. The number of nitrogens with one attached hydrogen (secondary N) is 2. The Labute approximate surface area is 101 Å². The van der Waals surface area contributed by atoms with Gasteiger partial charge in [-0.3, -0.25) is 9.59 Å². The minimum absolute atomic E-state index is 0.0425. The van der Waals surface area contributed by atoms with Crippen LogP contribution in [0.25, 0.3) is 0 Å². The number of carbonyl (C=O) groups is 3. The van der Waals surface area contributed by atoms with Crippen LogP contribution in [0.15, 0.2) is 0 Å². The van der Waals surface area contributed by atoms with Crippen LogP contribution in [0.1, 0.15) is 34.6 Å². The number of alkyl carbamates (subject to hydrolysis) is 1. The van der Waals surface area contributed by atoms with Crippen molar-refractivity contribution < 1.29 is 19.1 Å². The molecule has 0 heterocycles. The lowest BCUT2D eigenvalue weighted by Crippen LogP contribution is -2.47. The molecular weight excluding hydrogens is 224 g/mol. The van der Waals surface area contributed by atoms with E-state index in [9.17, 15) is 14.4 Å². The van der Waals surface area contributed by atoms with Gasteiger partial charge in [-0.15, -0.1) is 0 Å². The molecule has 0 rings (SSSR count). The molecule has 0 aliphatic rings. The highest BCUT2D eigenvalue weighted by Gasteiger charge is 2.20. The zero-order valence-corrected chi connectivity index (χ0v) is 10.9. The van der Waals surface area contributed by atoms with Gasteiger partial charge in [-0.1, -0.05) is 0 Å². The van der Waals surface area contributed by atoms with Gasteiger partial charge in [-0.25, -0.2) is 4.79 Å². The summed E-state index contributed by atoms with van der Waals surface area (Å²) in [5, 5.41) is 4.77. The van der Waals surface area contributed by atoms with Crippen molar-refractivity contribution in [2.45, 2.75) is 46.3 Å². The molecular formula is C11H20N2O4. The molecule has 0 aliphatic carbocycles. The summed E-state index contributed by atoms with van der Waals surface area (Å²) in [6, 6.07) is -0.746. The molecule has 17 heavy (non-hydrogen) atoms. The summed E-state index contributed by atoms with van der Waals surface area (Å²) in [6.07, 6.45) is -0.664. The second kappa shape index (κ2) is 6.22. The van der Waals surface area contributed by atoms with Gasteiger partial charge in [0.05, 0.1) is 6.54 Å². The second-order valence-corrected chi connectivity index (χ2v) is 4.79. The van der Waals surface area contributed by atoms with Crippen molar-refractivity contribution in [1.29, 1.82) is 0 Å². The number of ketones is 1. The average Bonchev–Trinajstić information content (AvgIpc) is 2.10. The molecule has 0 saturated carbocycles. The van der Waals surface area contributed by atoms with Gasteiger partial charge in [0.15, 0.2) is 0 Å². The molecule has 0 aromatic carbocycles. The Hall–Kier alpha value is -1.59. The second-order valence-electron chi connectivity index (χ2n) is 4.79. The molecule has 6 nitrogen and oxygen atoms in total. The van der Waals surface area contributed by atoms with Gasteiger partial charge >= 0.3 is 6.09 Å². The summed E-state index contributed by atoms with van der Waals surface area (Å²) in [6.45, 7) is 8.03. The van der Waals surface area contributed by atoms with E-state index in [2.05, 4.69) is 10.6 Å². The highest BCUT2D eigenvalue weighted by Crippen LogP contribution is 2.06. The quantitative estimate of drug-likeness (QED) is 0.758. The van der Waals surface area contributed by atoms with Crippen LogP contribution in [0.2, 0.25) is 0 Å². The molecule has 0 fully saturated rings. The summed E-state index contributed by atoms with van der Waals surface area (Å²) in [5.41, 5.74) is -0.611. The van der Waals surface area contributed by atoms with Crippen molar-refractivity contribution in [2.24, 2.45) is 0 Å². The fourth-order valence-corrected chi connectivity index (χ4v) is 0.915. The third kappa shape index (κ3) is 8.24. The van der Waals surface area contributed by atoms with Crippen LogP contribution < -0.4 is 10.6 Å². The molecule has 6 heteroatoms. The molecule has 0 radical (unpaired) electrons. The first-order chi connectivity index (χ1) is 7.61. The van der Waals surface area contributed by atoms with Crippen LogP contribution in [0.3, 0.4) is 0 Å². The van der Waals surface area contributed by atoms with Crippen molar-refractivity contribution in [3.8, 4) is 0 Å². The Balaban J connectivity index is 4.08. The fraction of sp³-hybridized carbons (Fsp3) is 0.727. The van der Waals surface area contributed by atoms with Gasteiger partial charge < -0.3 is 15.4 Å². The standard InChI is InChI=1S/C11H20N2O4/c1-7(14)6-12-9(15)8(2)13-10(16)17-11(3,4)5/h8H,6H2,1-5H3,(H,12,15)(H,13,16). The molecule has 0 aromatic rings. The first-order valence-corrected chi connectivity index (χ1v) is 5.38. The van der Waals surface area contributed by atoms with Crippen LogP contribution in [-0.2, 0) is 14.3 Å². The van der Waals surface area contributed by atoms with Crippen LogP contribution in [0.5, 0.6) is 0 Å². The molecule has 1 atom stereocenters. The Morgan fingerprint density at radius 1 is 1.24 bits per heavy atom. The predicted molar refractivity (Wildman–Crippen MR) is 62.5 cm³/mol. The maximum atomic E-state index is 11.4. The molecule has 0 aliphatic heterocycles. The minimum Gasteiger partial charge on any atom is -0.444 e. The first kappa shape index (κ1) is 15.4. The minimum atomic E-state index is -0.746. The Morgan fingerprint density at radius 2 is 1.76 bits per heavy atom. The van der Waals surface area contributed by atoms with Crippen molar-refractivity contribution >= 4 is 17.8 Å². The predicted octanol–water partition coefficient (Wildman–Crippen LogP) is 0.605. The smallest absolute Gasteiger partial charge is 0.408 e. The van der Waals surface area contributed by atoms with E-state index < -0.39 is 23.6 Å². The third-order valence-electron chi connectivity index (χ3n) is 1.64. The van der Waals surface area contributed by atoms with E-state index in [0.717, 1.165) is 0 Å². The van der Waals surface area contributed by atoms with Gasteiger partial charge in [0.2, 0.25) is 5.91 Å². The number of amides is 2. The first-order valence-electron chi connectivity index (χ1n) is 5.38. The monoisotopic (exact) mass is 244 g/mol. The highest BCUT2D eigenvalue weighted by molar-refractivity contribution is 5.89. The Morgan fingerprint density at radius 3 is 2.18 bits per heavy atom. The maximum absolute atomic E-state index is 11.4. The molecule has 0 spiro atoms. The van der Waals surface area contributed by atoms with Gasteiger partial charge in [-0.05, 0) is 34.6 Å². The van der Waals surface area contributed by atoms with Gasteiger partial charge in [0, 0.05) is 0 Å². The topological polar surface area (TPSA) is 84.5 Å². The summed E-state index contributed by atoms with van der Waals surface area (Å²) in [5.74, 6) is -0.575. The number of carbonyl (C=O) groups excluding carboxylic acids is 3. The molecule has 1 unspecified atom stereocenters. The number of ether oxygens (including phenoxy) is 1. The van der Waals surface area contributed by atoms with E-state index in [1.165, 1.54) is 13.8 Å². The number of Topliss-reactive ketones (excluding diaryl/α,β-unsaturated/α-hetero) is 1. The van der Waals surface area contributed by atoms with Crippen molar-refractivity contribution in [3.63, 3.8) is 0 Å². The van der Waals surface area contributed by atoms with Crippen LogP contribution in [0.4, 0.5) is 4.79 Å². The molecule has 2 N–H and O–H groups in total. The largest absolute Gasteiger partial charge is 0.444 e. The lowest BCUT2D eigenvalue weighted by Gasteiger charge is -2.21. The van der Waals surface area contributed by atoms with E-state index in [4.69, 9.17) is 4.74 Å². The van der Waals surface area contributed by atoms with Gasteiger partial charge in [0.1, 0.15) is 17.4 Å². The normalized spacial score (nSPS) is 12.5. The number of hydrogen-bond acceptors (Lipinski definition) is 4. The lowest BCUT2D eigenvalue weighted by atomic mass is 10.2. The number of rotatable bonds is 4. The zero-order valence-electron chi connectivity index (χ0n) is 10.9. The van der Waals surface area contributed by atoms with Crippen LogP contribution in [0, 0.1) is 0 Å². The fourth-order valence-electron chi connectivity index (χ4n) is 0.915. The molecule has 2 amide bonds. The van der Waals surface area contributed by atoms with Gasteiger partial charge in [-0.2, -0.15) is 0 Å². The average molecular weight is 244 g/mol. The molecule has 98 valence electrons. The lowest BCUT2D eigenvalue weighted by molar-refractivity contribution is -0.125. The van der Waals surface area contributed by atoms with Crippen molar-refractivity contribution in [3.05, 3.63) is 0 Å². The van der Waals surface area contributed by atoms with E-state index in [0.29, 0.717) is 0 Å². The van der Waals surface area contributed by atoms with Crippen molar-refractivity contribution in [2.75, 3.05) is 6.54 Å². The maximum Gasteiger partial charge on any atom is 0.408 e. The van der Waals surface area contributed by atoms with E-state index in [1.54, 1.807) is 20.8 Å². The van der Waals surface area contributed by atoms with E-state index >= 15 is 0 Å². The summed E-state index contributed by atoms with van der Waals surface area (Å²) in [7, 11) is 0. The summed E-state index contributed by atoms with van der Waals surface area (Å²) < 4.78 is 4.99. The zero-order chi connectivity index (χ0) is 13.6. The summed E-state index contributed by atoms with van der Waals surface area (Å²) in [4.78, 5) is 33.4. The molecule has 0 bridgehead atoms. The van der Waals surface area contributed by atoms with Gasteiger partial charge in [0.25, 0.3) is 0 Å². The Bertz CT molecular complexity index is 307. The SMILES string of the molecule is CC(=O)CNC(=O)C(C)NC(=O)OC(C)(C)C. The van der Waals surface area contributed by atoms with Crippen LogP contribution >= 0.6 is 0 Å². The van der Waals surface area contributed by atoms with E-state index in [1.807, 2.05) is 0 Å². The summed E-state index contributed by atoms with van der Waals surface area (Å²) >= 11 is 0. The number of hydrogen-bond donors (Lipinski definition) is 2. The van der Waals surface area contributed by atoms with Crippen LogP contribution in [-0.4, -0.2) is 36.0 Å². The highest BCUT2D eigenvalue weighted by atomic mass is 16.6. The molecule has 0 aromatic heterocycles. The third-order valence-corrected chi connectivity index (χ3v) is 1.64. The van der Waals surface area contributed by atoms with E-state index in [-0.39, 0.29) is 12.3 Å². The van der Waals surface area contributed by atoms with Crippen molar-refractivity contribution in [1.82, 2.24) is 10.6 Å².